The van der Waals surface area contributed by atoms with E-state index in [4.69, 9.17) is 10.9 Å². The first-order valence-corrected chi connectivity index (χ1v) is 6.40. The van der Waals surface area contributed by atoms with Crippen molar-refractivity contribution >= 4 is 5.84 Å². The lowest BCUT2D eigenvalue weighted by molar-refractivity contribution is 0.304. The van der Waals surface area contributed by atoms with Crippen LogP contribution in [0.25, 0.3) is 0 Å². The van der Waals surface area contributed by atoms with Gasteiger partial charge in [-0.3, -0.25) is 0 Å². The van der Waals surface area contributed by atoms with Crippen molar-refractivity contribution in [1.82, 2.24) is 5.32 Å². The van der Waals surface area contributed by atoms with Gasteiger partial charge in [-0.1, -0.05) is 31.2 Å². The van der Waals surface area contributed by atoms with Crippen molar-refractivity contribution in [2.24, 2.45) is 22.2 Å². The van der Waals surface area contributed by atoms with Gasteiger partial charge in [0.1, 0.15) is 5.84 Å². The van der Waals surface area contributed by atoms with Crippen LogP contribution in [0, 0.1) is 11.3 Å². The normalized spacial score (nSPS) is 21.8. The van der Waals surface area contributed by atoms with E-state index in [-0.39, 0.29) is 5.41 Å². The second-order valence-corrected chi connectivity index (χ2v) is 5.47. The Hall–Kier alpha value is -1.03. The topological polar surface area (TPSA) is 70.6 Å². The standard InChI is InChI=1S/C13H25N3O/c1-13(2,12(14)16-17)8-9-15-10-11-6-4-3-5-7-11/h3-4,11,15,17H,5-10H2,1-2H3,(H2,14,16). The minimum absolute atomic E-state index is 0.242. The molecule has 1 aliphatic carbocycles. The third kappa shape index (κ3) is 4.77. The van der Waals surface area contributed by atoms with Gasteiger partial charge in [0, 0.05) is 5.41 Å². The highest BCUT2D eigenvalue weighted by atomic mass is 16.4. The Kier molecular flexibility index (Phi) is 5.48. The summed E-state index contributed by atoms with van der Waals surface area (Å²) in [6, 6.07) is 0. The molecule has 0 saturated carbocycles. The van der Waals surface area contributed by atoms with Crippen LogP contribution >= 0.6 is 0 Å². The molecule has 0 aliphatic heterocycles. The molecule has 17 heavy (non-hydrogen) atoms. The fourth-order valence-electron chi connectivity index (χ4n) is 2.01. The van der Waals surface area contributed by atoms with Gasteiger partial charge in [0.2, 0.25) is 0 Å². The molecule has 1 atom stereocenters. The number of oxime groups is 1. The molecule has 1 rings (SSSR count). The molecule has 98 valence electrons. The van der Waals surface area contributed by atoms with Crippen molar-refractivity contribution < 1.29 is 5.21 Å². The van der Waals surface area contributed by atoms with Crippen molar-refractivity contribution in [3.05, 3.63) is 12.2 Å². The lowest BCUT2D eigenvalue weighted by Crippen LogP contribution is -2.35. The molecule has 0 aromatic heterocycles. The second-order valence-electron chi connectivity index (χ2n) is 5.47. The summed E-state index contributed by atoms with van der Waals surface area (Å²) in [5, 5.41) is 15.2. The quantitative estimate of drug-likeness (QED) is 0.166. The van der Waals surface area contributed by atoms with Crippen LogP contribution in [0.2, 0.25) is 0 Å². The molecule has 4 N–H and O–H groups in total. The summed E-state index contributed by atoms with van der Waals surface area (Å²) < 4.78 is 0. The first-order chi connectivity index (χ1) is 8.06. The summed E-state index contributed by atoms with van der Waals surface area (Å²) in [6.45, 7) is 5.96. The van der Waals surface area contributed by atoms with Gasteiger partial charge in [0.05, 0.1) is 0 Å². The van der Waals surface area contributed by atoms with Crippen LogP contribution in [0.5, 0.6) is 0 Å². The fraction of sp³-hybridized carbons (Fsp3) is 0.769. The number of nitrogens with one attached hydrogen (secondary N) is 1. The van der Waals surface area contributed by atoms with E-state index in [1.54, 1.807) is 0 Å². The van der Waals surface area contributed by atoms with Crippen LogP contribution in [0.4, 0.5) is 0 Å². The highest BCUT2D eigenvalue weighted by Crippen LogP contribution is 2.20. The van der Waals surface area contributed by atoms with Crippen LogP contribution in [-0.2, 0) is 0 Å². The van der Waals surface area contributed by atoms with Crippen LogP contribution in [0.1, 0.15) is 39.5 Å². The first kappa shape index (κ1) is 14.0. The van der Waals surface area contributed by atoms with Crippen LogP contribution in [0.3, 0.4) is 0 Å². The van der Waals surface area contributed by atoms with Crippen molar-refractivity contribution in [3.63, 3.8) is 0 Å². The smallest absolute Gasteiger partial charge is 0.144 e. The Morgan fingerprint density at radius 2 is 2.29 bits per heavy atom. The maximum Gasteiger partial charge on any atom is 0.144 e. The number of nitrogens with zero attached hydrogens (tertiary/aromatic N) is 1. The minimum Gasteiger partial charge on any atom is -0.409 e. The van der Waals surface area contributed by atoms with Crippen molar-refractivity contribution in [2.75, 3.05) is 13.1 Å². The average Bonchev–Trinajstić information content (AvgIpc) is 2.35. The molecule has 0 radical (unpaired) electrons. The monoisotopic (exact) mass is 239 g/mol. The Balaban J connectivity index is 2.17. The number of rotatable bonds is 6. The van der Waals surface area contributed by atoms with Crippen molar-refractivity contribution in [2.45, 2.75) is 39.5 Å². The Morgan fingerprint density at radius 1 is 1.53 bits per heavy atom. The van der Waals surface area contributed by atoms with E-state index < -0.39 is 0 Å². The summed E-state index contributed by atoms with van der Waals surface area (Å²) in [4.78, 5) is 0. The van der Waals surface area contributed by atoms with Crippen molar-refractivity contribution in [1.29, 1.82) is 0 Å². The number of allylic oxidation sites excluding steroid dienone is 2. The lowest BCUT2D eigenvalue weighted by Gasteiger charge is -2.24. The third-order valence-corrected chi connectivity index (χ3v) is 3.54. The molecule has 1 aliphatic rings. The zero-order chi connectivity index (χ0) is 12.7. The summed E-state index contributed by atoms with van der Waals surface area (Å²) >= 11 is 0. The first-order valence-electron chi connectivity index (χ1n) is 6.40. The van der Waals surface area contributed by atoms with E-state index >= 15 is 0 Å². The minimum atomic E-state index is -0.242. The highest BCUT2D eigenvalue weighted by molar-refractivity contribution is 5.85. The van der Waals surface area contributed by atoms with E-state index in [0.29, 0.717) is 5.84 Å². The third-order valence-electron chi connectivity index (χ3n) is 3.54. The zero-order valence-corrected chi connectivity index (χ0v) is 10.9. The van der Waals surface area contributed by atoms with E-state index in [0.717, 1.165) is 25.4 Å². The maximum atomic E-state index is 8.67. The molecule has 0 heterocycles. The predicted octanol–water partition coefficient (Wildman–Crippen LogP) is 2.10. The summed E-state index contributed by atoms with van der Waals surface area (Å²) in [6.07, 6.45) is 9.10. The van der Waals surface area contributed by atoms with E-state index in [1.807, 2.05) is 13.8 Å². The fourth-order valence-corrected chi connectivity index (χ4v) is 2.01. The second kappa shape index (κ2) is 6.64. The lowest BCUT2D eigenvalue weighted by atomic mass is 9.88. The predicted molar refractivity (Wildman–Crippen MR) is 71.2 cm³/mol. The molecule has 0 fully saturated rings. The Morgan fingerprint density at radius 3 is 2.88 bits per heavy atom. The van der Waals surface area contributed by atoms with E-state index in [1.165, 1.54) is 19.3 Å². The molecule has 0 saturated heterocycles. The SMILES string of the molecule is CC(C)(CCNCC1CC=CCC1)C(N)=NO. The van der Waals surface area contributed by atoms with Crippen LogP contribution in [-0.4, -0.2) is 24.1 Å². The van der Waals surface area contributed by atoms with Crippen molar-refractivity contribution in [3.8, 4) is 0 Å². The van der Waals surface area contributed by atoms with Gasteiger partial charge < -0.3 is 16.3 Å². The van der Waals surface area contributed by atoms with E-state index in [2.05, 4.69) is 22.6 Å². The summed E-state index contributed by atoms with van der Waals surface area (Å²) in [7, 11) is 0. The molecular weight excluding hydrogens is 214 g/mol. The molecule has 0 spiro atoms. The molecular formula is C13H25N3O. The maximum absolute atomic E-state index is 8.67. The number of hydrogen-bond acceptors (Lipinski definition) is 3. The van der Waals surface area contributed by atoms with Gasteiger partial charge in [0.25, 0.3) is 0 Å². The molecule has 0 aromatic carbocycles. The van der Waals surface area contributed by atoms with Gasteiger partial charge in [-0.05, 0) is 44.7 Å². The molecule has 0 bridgehead atoms. The zero-order valence-electron chi connectivity index (χ0n) is 10.9. The Bertz CT molecular complexity index is 284. The number of amidine groups is 1. The number of nitrogens with two attached hydrogens (primary N) is 1. The molecule has 0 aromatic rings. The van der Waals surface area contributed by atoms with Gasteiger partial charge in [0.15, 0.2) is 0 Å². The van der Waals surface area contributed by atoms with Gasteiger partial charge in [-0.2, -0.15) is 0 Å². The molecule has 0 amide bonds. The Labute approximate surface area is 104 Å². The highest BCUT2D eigenvalue weighted by Gasteiger charge is 2.22. The number of hydrogen-bond donors (Lipinski definition) is 3. The molecule has 1 unspecified atom stereocenters. The summed E-state index contributed by atoms with van der Waals surface area (Å²) in [5.41, 5.74) is 5.40. The van der Waals surface area contributed by atoms with Gasteiger partial charge in [-0.25, -0.2) is 0 Å². The van der Waals surface area contributed by atoms with E-state index in [9.17, 15) is 0 Å². The van der Waals surface area contributed by atoms with Gasteiger partial charge >= 0.3 is 0 Å². The molecule has 4 heteroatoms. The summed E-state index contributed by atoms with van der Waals surface area (Å²) in [5.74, 6) is 1.08. The largest absolute Gasteiger partial charge is 0.409 e. The average molecular weight is 239 g/mol. The molecule has 4 nitrogen and oxygen atoms in total. The van der Waals surface area contributed by atoms with Crippen LogP contribution < -0.4 is 11.1 Å². The van der Waals surface area contributed by atoms with Crippen LogP contribution in [0.15, 0.2) is 17.3 Å². The van der Waals surface area contributed by atoms with Gasteiger partial charge in [-0.15, -0.1) is 0 Å².